The number of halogens is 1. The summed E-state index contributed by atoms with van der Waals surface area (Å²) >= 11 is 14.7. The molecule has 0 fully saturated rings. The molecule has 10 aromatic rings. The summed E-state index contributed by atoms with van der Waals surface area (Å²) in [4.78, 5) is 25.0. The van der Waals surface area contributed by atoms with Crippen molar-refractivity contribution in [2.75, 3.05) is 0 Å². The second-order valence-corrected chi connectivity index (χ2v) is 16.9. The summed E-state index contributed by atoms with van der Waals surface area (Å²) in [7, 11) is 4.61. The van der Waals surface area contributed by atoms with Crippen LogP contribution in [0.25, 0.3) is 20.4 Å². The topological polar surface area (TPSA) is 108 Å². The molecule has 0 saturated carbocycles. The summed E-state index contributed by atoms with van der Waals surface area (Å²) < 4.78 is 3.97. The zero-order valence-electron chi connectivity index (χ0n) is 36.8. The van der Waals surface area contributed by atoms with E-state index in [0.717, 1.165) is 64.3 Å². The molecule has 2 heterocycles. The molecule has 0 aliphatic rings. The minimum atomic E-state index is 0. The molecule has 7 nitrogen and oxygen atoms in total. The first kappa shape index (κ1) is 59.2. The van der Waals surface area contributed by atoms with Gasteiger partial charge in [-0.2, -0.15) is 0 Å². The van der Waals surface area contributed by atoms with Crippen LogP contribution in [0.4, 0.5) is 22.7 Å². The molecule has 0 radical (unpaired) electrons. The number of para-hydroxylation sites is 6. The van der Waals surface area contributed by atoms with Gasteiger partial charge in [0.15, 0.2) is 3.95 Å². The van der Waals surface area contributed by atoms with E-state index in [1.54, 1.807) is 41.4 Å². The zero-order valence-corrected chi connectivity index (χ0v) is 48.5. The Labute approximate surface area is 494 Å². The molecule has 0 saturated heterocycles. The van der Waals surface area contributed by atoms with E-state index in [0.29, 0.717) is 0 Å². The number of H-pyrrole nitrogens is 1. The third kappa shape index (κ3) is 21.8. The van der Waals surface area contributed by atoms with Crippen LogP contribution in [0.5, 0.6) is 0 Å². The monoisotopic (exact) mass is 1380 g/mol. The number of hydrogen-bond donors (Lipinski definition) is 1. The van der Waals surface area contributed by atoms with Gasteiger partial charge in [-0.05, 0) is 113 Å². The van der Waals surface area contributed by atoms with Crippen LogP contribution in [0.15, 0.2) is 231 Å². The Hall–Kier alpha value is -4.08. The Morgan fingerprint density at radius 1 is 0.478 bits per heavy atom. The third-order valence-electron chi connectivity index (χ3n) is 8.72. The van der Waals surface area contributed by atoms with Gasteiger partial charge in [0, 0.05) is 0 Å². The molecule has 0 aliphatic carbocycles. The molecule has 15 heteroatoms. The first-order valence-corrected chi connectivity index (χ1v) is 25.4. The molecule has 2 aromatic heterocycles. The third-order valence-corrected chi connectivity index (χ3v) is 11.1. The van der Waals surface area contributed by atoms with Crippen molar-refractivity contribution in [2.24, 2.45) is 20.0 Å². The zero-order chi connectivity index (χ0) is 46.0. The number of thiazole rings is 2. The van der Waals surface area contributed by atoms with Crippen LogP contribution < -0.4 is 51.4 Å². The average Bonchev–Trinajstić information content (AvgIpc) is 3.97. The van der Waals surface area contributed by atoms with Crippen molar-refractivity contribution in [1.29, 1.82) is 0 Å². The second kappa shape index (κ2) is 34.3. The molecule has 10 rings (SSSR count). The van der Waals surface area contributed by atoms with E-state index < -0.39 is 0 Å². The van der Waals surface area contributed by atoms with E-state index in [-0.39, 0.29) is 77.9 Å². The van der Waals surface area contributed by atoms with E-state index in [1.807, 2.05) is 225 Å². The van der Waals surface area contributed by atoms with E-state index in [2.05, 4.69) is 57.6 Å². The van der Waals surface area contributed by atoms with Gasteiger partial charge in [0.25, 0.3) is 0 Å². The van der Waals surface area contributed by atoms with E-state index in [4.69, 9.17) is 24.8 Å². The summed E-state index contributed by atoms with van der Waals surface area (Å²) in [6, 6.07) is 74.0. The summed E-state index contributed by atoms with van der Waals surface area (Å²) in [5.74, 6) is 0. The summed E-state index contributed by atoms with van der Waals surface area (Å²) in [5, 5.41) is 0. The maximum atomic E-state index is 4.98. The van der Waals surface area contributed by atoms with Crippen LogP contribution >= 0.6 is 44.3 Å². The van der Waals surface area contributed by atoms with E-state index >= 15 is 0 Å². The van der Waals surface area contributed by atoms with Gasteiger partial charge >= 0.3 is 101 Å². The standard InChI is InChI=1S/2C20H15N2.2C7H5NS2.ClH.K.H2O.2Pt/c2*1-3-10-19(11-4-1)21-15-17-8-7-9-18(14-17)16-22-20-12-5-2-6-13-20;2*9-7-8-5-3-1-2-4-6(5)10-7;;;;;/h2*1-13,15-16H;2*1-4H,(H,8,9);1H;;1H2;;/q2*-1;;;;+1;;2*+2/p-3. The van der Waals surface area contributed by atoms with Gasteiger partial charge in [-0.3, -0.25) is 25.0 Å². The fourth-order valence-corrected chi connectivity index (χ4v) is 7.87. The summed E-state index contributed by atoms with van der Waals surface area (Å²) in [6.45, 7) is 0. The number of nitrogens with zero attached hydrogens (tertiary/aromatic N) is 5. The van der Waals surface area contributed by atoms with Gasteiger partial charge < -0.3 is 34.4 Å². The number of nitrogens with one attached hydrogen (secondary N) is 1. The molecule has 2 N–H and O–H groups in total. The number of aromatic nitrogens is 2. The Balaban J connectivity index is 0.000000250. The first-order chi connectivity index (χ1) is 32.5. The van der Waals surface area contributed by atoms with Crippen molar-refractivity contribution in [1.82, 2.24) is 9.97 Å². The van der Waals surface area contributed by atoms with Gasteiger partial charge in [0.1, 0.15) is 0 Å². The largest absolute Gasteiger partial charge is 2.00 e. The van der Waals surface area contributed by atoms with Gasteiger partial charge in [-0.15, -0.1) is 82.1 Å². The Morgan fingerprint density at radius 2 is 0.812 bits per heavy atom. The Bertz CT molecular complexity index is 2840. The first-order valence-electron chi connectivity index (χ1n) is 20.2. The van der Waals surface area contributed by atoms with Crippen LogP contribution in [-0.4, -0.2) is 40.3 Å². The van der Waals surface area contributed by atoms with E-state index in [1.165, 1.54) is 9.40 Å². The van der Waals surface area contributed by atoms with Crippen molar-refractivity contribution in [3.8, 4) is 0 Å². The van der Waals surface area contributed by atoms with Crippen LogP contribution in [0.2, 0.25) is 0 Å². The van der Waals surface area contributed by atoms with Crippen molar-refractivity contribution in [3.05, 3.63) is 245 Å². The van der Waals surface area contributed by atoms with Crippen LogP contribution in [-0.2, 0) is 52.5 Å². The summed E-state index contributed by atoms with van der Waals surface area (Å²) in [5.41, 5.74) is 9.59. The molecule has 0 aliphatic heterocycles. The molecule has 0 bridgehead atoms. The summed E-state index contributed by atoms with van der Waals surface area (Å²) in [6.07, 6.45) is 7.26. The Kier molecular flexibility index (Phi) is 29.4. The van der Waals surface area contributed by atoms with Gasteiger partial charge in [0.05, 0.1) is 38.5 Å². The quantitative estimate of drug-likeness (QED) is 0.0537. The smallest absolute Gasteiger partial charge is 0.870 e. The van der Waals surface area contributed by atoms with Gasteiger partial charge in [0.2, 0.25) is 0 Å². The number of rotatable bonds is 8. The SMILES string of the molecule is S=c1[nH]c2ccccc2s1.[Cl][Pt+].[K+].[OH-].[Pt+2].[S-]c1nc2ccccc2s1.[c-]1c(C=Nc2ccccc2)cccc1C=Nc1ccccc1.[c-]1c(C=Nc2ccccc2)cccc1C=Nc1ccccc1. The van der Waals surface area contributed by atoms with Crippen LogP contribution in [0, 0.1) is 16.1 Å². The van der Waals surface area contributed by atoms with E-state index in [9.17, 15) is 0 Å². The molecule has 0 unspecified atom stereocenters. The molecule has 0 spiro atoms. The fourth-order valence-electron chi connectivity index (χ4n) is 5.69. The molecule has 0 amide bonds. The molecular formula is C54H40ClKN6OPt2S4. The normalized spacial score (nSPS) is 10.3. The van der Waals surface area contributed by atoms with Crippen LogP contribution in [0.3, 0.4) is 0 Å². The average molecular weight is 1380 g/mol. The maximum absolute atomic E-state index is 4.98. The molecule has 0 atom stereocenters. The van der Waals surface area contributed by atoms with Crippen LogP contribution in [0.1, 0.15) is 22.3 Å². The fraction of sp³-hybridized carbons (Fsp3) is 0. The van der Waals surface area contributed by atoms with Crippen molar-refractivity contribution < 1.29 is 96.7 Å². The van der Waals surface area contributed by atoms with Crippen molar-refractivity contribution in [3.63, 3.8) is 0 Å². The van der Waals surface area contributed by atoms with Gasteiger partial charge in [-0.1, -0.05) is 103 Å². The predicted octanol–water partition coefficient (Wildman–Crippen LogP) is 12.6. The maximum Gasteiger partial charge on any atom is 2.00 e. The van der Waals surface area contributed by atoms with Crippen molar-refractivity contribution >= 4 is 125 Å². The number of fused-ring (bicyclic) bond motifs is 2. The second-order valence-electron chi connectivity index (χ2n) is 13.5. The minimum Gasteiger partial charge on any atom is -0.870 e. The van der Waals surface area contributed by atoms with Gasteiger partial charge in [-0.25, -0.2) is 0 Å². The molecule has 8 aromatic carbocycles. The van der Waals surface area contributed by atoms with Crippen molar-refractivity contribution in [2.45, 2.75) is 4.34 Å². The molecule has 344 valence electrons. The number of aliphatic imine (C=N–C) groups is 4. The molecule has 69 heavy (non-hydrogen) atoms. The molecular weight excluding hydrogens is 1340 g/mol. The number of hydrogen-bond acceptors (Lipinski definition) is 10. The minimum absolute atomic E-state index is 0. The predicted molar refractivity (Wildman–Crippen MR) is 285 cm³/mol. The number of aromatic amines is 1. The Morgan fingerprint density at radius 3 is 1.17 bits per heavy atom. The number of benzene rings is 8.